The zero-order valence-electron chi connectivity index (χ0n) is 12.4. The van der Waals surface area contributed by atoms with Crippen molar-refractivity contribution in [3.63, 3.8) is 0 Å². The smallest absolute Gasteiger partial charge is 0.244 e. The normalized spacial score (nSPS) is 12.3. The lowest BCUT2D eigenvalue weighted by Gasteiger charge is -2.24. The van der Waals surface area contributed by atoms with Gasteiger partial charge < -0.3 is 10.6 Å². The molecule has 0 spiro atoms. The van der Waals surface area contributed by atoms with Crippen LogP contribution in [0.25, 0.3) is 0 Å². The van der Waals surface area contributed by atoms with Crippen LogP contribution in [0.2, 0.25) is 5.02 Å². The number of halogens is 2. The van der Waals surface area contributed by atoms with Gasteiger partial charge in [-0.3, -0.25) is 0 Å². The predicted molar refractivity (Wildman–Crippen MR) is 83.4 cm³/mol. The van der Waals surface area contributed by atoms with Crippen molar-refractivity contribution < 1.29 is 12.8 Å². The Kier molecular flexibility index (Phi) is 6.40. The maximum atomic E-state index is 13.3. The molecule has 5 nitrogen and oxygen atoms in total. The summed E-state index contributed by atoms with van der Waals surface area (Å²) in [4.78, 5) is 1.73. The molecule has 1 aromatic carbocycles. The van der Waals surface area contributed by atoms with E-state index in [4.69, 9.17) is 17.3 Å². The van der Waals surface area contributed by atoms with Crippen LogP contribution in [0.5, 0.6) is 0 Å². The molecule has 0 aliphatic heterocycles. The third-order valence-electron chi connectivity index (χ3n) is 2.94. The molecular weight excluding hydrogens is 317 g/mol. The van der Waals surface area contributed by atoms with Crippen LogP contribution in [0.4, 0.5) is 10.1 Å². The molecule has 0 aliphatic rings. The van der Waals surface area contributed by atoms with Crippen LogP contribution < -0.4 is 5.73 Å². The first kappa shape index (κ1) is 18.2. The van der Waals surface area contributed by atoms with Crippen molar-refractivity contribution in [1.29, 1.82) is 0 Å². The van der Waals surface area contributed by atoms with E-state index in [0.29, 0.717) is 26.1 Å². The first-order chi connectivity index (χ1) is 9.70. The van der Waals surface area contributed by atoms with Gasteiger partial charge in [-0.05, 0) is 32.6 Å². The Balaban J connectivity index is 3.19. The molecule has 0 saturated carbocycles. The molecule has 0 radical (unpaired) electrons. The van der Waals surface area contributed by atoms with Crippen molar-refractivity contribution in [3.8, 4) is 0 Å². The van der Waals surface area contributed by atoms with Crippen molar-refractivity contribution in [2.75, 3.05) is 39.5 Å². The van der Waals surface area contributed by atoms with Gasteiger partial charge in [0.1, 0.15) is 10.7 Å². The Bertz CT molecular complexity index is 593. The minimum absolute atomic E-state index is 0.157. The van der Waals surface area contributed by atoms with E-state index in [1.165, 1.54) is 4.31 Å². The predicted octanol–water partition coefficient (Wildman–Crippen LogP) is 2.02. The molecule has 1 rings (SSSR count). The minimum atomic E-state index is -3.80. The van der Waals surface area contributed by atoms with Gasteiger partial charge in [0, 0.05) is 19.6 Å². The summed E-state index contributed by atoms with van der Waals surface area (Å²) in [6.45, 7) is 3.16. The van der Waals surface area contributed by atoms with Gasteiger partial charge in [-0.25, -0.2) is 12.8 Å². The molecule has 21 heavy (non-hydrogen) atoms. The summed E-state index contributed by atoms with van der Waals surface area (Å²) in [6.07, 6.45) is 0.668. The third kappa shape index (κ3) is 4.54. The highest BCUT2D eigenvalue weighted by atomic mass is 35.5. The fraction of sp³-hybridized carbons (Fsp3) is 0.538. The second-order valence-electron chi connectivity index (χ2n) is 5.01. The van der Waals surface area contributed by atoms with Crippen LogP contribution in [-0.2, 0) is 10.0 Å². The number of rotatable bonds is 7. The SMILES string of the molecule is CCCN(CCN(C)C)S(=O)(=O)c1cc(N)c(F)cc1Cl. The summed E-state index contributed by atoms with van der Waals surface area (Å²) < 4.78 is 40.0. The van der Waals surface area contributed by atoms with E-state index in [-0.39, 0.29) is 15.6 Å². The first-order valence-corrected chi connectivity index (χ1v) is 8.41. The largest absolute Gasteiger partial charge is 0.396 e. The van der Waals surface area contributed by atoms with Gasteiger partial charge in [-0.2, -0.15) is 4.31 Å². The number of likely N-dealkylation sites (N-methyl/N-ethyl adjacent to an activating group) is 1. The molecular formula is C13H21ClFN3O2S. The molecule has 120 valence electrons. The molecule has 0 bridgehead atoms. The highest BCUT2D eigenvalue weighted by molar-refractivity contribution is 7.89. The number of nitrogens with zero attached hydrogens (tertiary/aromatic N) is 2. The summed E-state index contributed by atoms with van der Waals surface area (Å²) in [5, 5.41) is -0.160. The van der Waals surface area contributed by atoms with E-state index >= 15 is 0 Å². The summed E-state index contributed by atoms with van der Waals surface area (Å²) in [5.41, 5.74) is 5.22. The average molecular weight is 338 g/mol. The second kappa shape index (κ2) is 7.40. The Morgan fingerprint density at radius 2 is 1.86 bits per heavy atom. The van der Waals surface area contributed by atoms with E-state index in [1.807, 2.05) is 25.9 Å². The van der Waals surface area contributed by atoms with E-state index < -0.39 is 15.8 Å². The van der Waals surface area contributed by atoms with Crippen LogP contribution in [0.3, 0.4) is 0 Å². The third-order valence-corrected chi connectivity index (χ3v) is 5.30. The van der Waals surface area contributed by atoms with Crippen molar-refractivity contribution >= 4 is 27.3 Å². The van der Waals surface area contributed by atoms with Gasteiger partial charge in [0.25, 0.3) is 0 Å². The summed E-state index contributed by atoms with van der Waals surface area (Å²) in [7, 11) is -0.0793. The monoisotopic (exact) mass is 337 g/mol. The number of anilines is 1. The van der Waals surface area contributed by atoms with Crippen molar-refractivity contribution in [1.82, 2.24) is 9.21 Å². The fourth-order valence-corrected chi connectivity index (χ4v) is 3.84. The van der Waals surface area contributed by atoms with Crippen LogP contribution in [0.15, 0.2) is 17.0 Å². The van der Waals surface area contributed by atoms with Crippen molar-refractivity contribution in [2.45, 2.75) is 18.2 Å². The lowest BCUT2D eigenvalue weighted by atomic mass is 10.3. The Morgan fingerprint density at radius 3 is 2.38 bits per heavy atom. The quantitative estimate of drug-likeness (QED) is 0.773. The molecule has 0 fully saturated rings. The number of hydrogen-bond acceptors (Lipinski definition) is 4. The topological polar surface area (TPSA) is 66.6 Å². The van der Waals surface area contributed by atoms with E-state index in [1.54, 1.807) is 0 Å². The Labute approximate surface area is 130 Å². The van der Waals surface area contributed by atoms with Gasteiger partial charge in [-0.15, -0.1) is 0 Å². The van der Waals surface area contributed by atoms with Gasteiger partial charge in [-0.1, -0.05) is 18.5 Å². The van der Waals surface area contributed by atoms with Crippen LogP contribution in [0, 0.1) is 5.82 Å². The molecule has 0 aliphatic carbocycles. The highest BCUT2D eigenvalue weighted by Crippen LogP contribution is 2.28. The lowest BCUT2D eigenvalue weighted by molar-refractivity contribution is 0.333. The van der Waals surface area contributed by atoms with Crippen LogP contribution >= 0.6 is 11.6 Å². The Hall–Kier alpha value is -0.890. The fourth-order valence-electron chi connectivity index (χ4n) is 1.79. The number of nitrogen functional groups attached to an aromatic ring is 1. The molecule has 0 atom stereocenters. The van der Waals surface area contributed by atoms with Gasteiger partial charge in [0.15, 0.2) is 0 Å². The molecule has 0 saturated heterocycles. The lowest BCUT2D eigenvalue weighted by Crippen LogP contribution is -2.37. The summed E-state index contributed by atoms with van der Waals surface area (Å²) >= 11 is 5.88. The first-order valence-electron chi connectivity index (χ1n) is 6.59. The van der Waals surface area contributed by atoms with Gasteiger partial charge in [0.2, 0.25) is 10.0 Å². The Morgan fingerprint density at radius 1 is 1.24 bits per heavy atom. The molecule has 0 unspecified atom stereocenters. The highest BCUT2D eigenvalue weighted by Gasteiger charge is 2.27. The molecule has 8 heteroatoms. The zero-order valence-corrected chi connectivity index (χ0v) is 14.0. The van der Waals surface area contributed by atoms with Gasteiger partial charge in [0.05, 0.1) is 10.7 Å². The number of nitrogens with two attached hydrogens (primary N) is 1. The molecule has 0 heterocycles. The number of hydrogen-bond donors (Lipinski definition) is 1. The maximum Gasteiger partial charge on any atom is 0.244 e. The van der Waals surface area contributed by atoms with Gasteiger partial charge >= 0.3 is 0 Å². The average Bonchev–Trinajstić information content (AvgIpc) is 2.38. The molecule has 1 aromatic rings. The van der Waals surface area contributed by atoms with E-state index in [9.17, 15) is 12.8 Å². The van der Waals surface area contributed by atoms with E-state index in [2.05, 4.69) is 0 Å². The second-order valence-corrected chi connectivity index (χ2v) is 7.33. The summed E-state index contributed by atoms with van der Waals surface area (Å²) in [5.74, 6) is -0.728. The van der Waals surface area contributed by atoms with Crippen LogP contribution in [0.1, 0.15) is 13.3 Å². The van der Waals surface area contributed by atoms with Crippen LogP contribution in [-0.4, -0.2) is 51.4 Å². The number of benzene rings is 1. The van der Waals surface area contributed by atoms with Crippen molar-refractivity contribution in [2.24, 2.45) is 0 Å². The standard InChI is InChI=1S/C13H21ClFN3O2S/c1-4-5-18(7-6-17(2)3)21(19,20)13-9-12(16)11(15)8-10(13)14/h8-9H,4-7,16H2,1-3H3. The minimum Gasteiger partial charge on any atom is -0.396 e. The van der Waals surface area contributed by atoms with Crippen molar-refractivity contribution in [3.05, 3.63) is 23.0 Å². The summed E-state index contributed by atoms with van der Waals surface area (Å²) in [6, 6.07) is 2.01. The zero-order chi connectivity index (χ0) is 16.2. The number of sulfonamides is 1. The molecule has 0 aromatic heterocycles. The maximum absolute atomic E-state index is 13.3. The molecule has 0 amide bonds. The molecule has 2 N–H and O–H groups in total. The van der Waals surface area contributed by atoms with E-state index in [0.717, 1.165) is 12.1 Å².